The molecule has 190 valence electrons. The predicted octanol–water partition coefficient (Wildman–Crippen LogP) is 2.60. The quantitative estimate of drug-likeness (QED) is 0.288. The van der Waals surface area contributed by atoms with Crippen molar-refractivity contribution in [3.63, 3.8) is 0 Å². The average Bonchev–Trinajstić information content (AvgIpc) is 2.76. The molecule has 0 aliphatic carbocycles. The van der Waals surface area contributed by atoms with Gasteiger partial charge in [-0.25, -0.2) is 13.4 Å². The Balaban J connectivity index is 1.99. The van der Waals surface area contributed by atoms with E-state index >= 15 is 0 Å². The lowest BCUT2D eigenvalue weighted by Crippen LogP contribution is -2.38. The fourth-order valence-corrected chi connectivity index (χ4v) is 5.30. The molecular formula is C24H28N6O5S. The smallest absolute Gasteiger partial charge is 0.325 e. The minimum atomic E-state index is -4.09. The van der Waals surface area contributed by atoms with E-state index in [4.69, 9.17) is 10.8 Å². The van der Waals surface area contributed by atoms with E-state index in [1.165, 1.54) is 25.3 Å². The maximum absolute atomic E-state index is 13.4. The van der Waals surface area contributed by atoms with Gasteiger partial charge in [0, 0.05) is 12.7 Å². The van der Waals surface area contributed by atoms with Crippen LogP contribution in [0, 0.1) is 20.8 Å². The molecule has 0 unspecified atom stereocenters. The van der Waals surface area contributed by atoms with Crippen molar-refractivity contribution in [1.82, 2.24) is 15.3 Å². The van der Waals surface area contributed by atoms with E-state index in [-0.39, 0.29) is 28.6 Å². The van der Waals surface area contributed by atoms with E-state index in [0.29, 0.717) is 22.5 Å². The first kappa shape index (κ1) is 26.4. The number of amides is 1. The van der Waals surface area contributed by atoms with Crippen LogP contribution < -0.4 is 21.1 Å². The highest BCUT2D eigenvalue weighted by Crippen LogP contribution is 2.27. The number of aliphatic carboxylic acids is 1. The number of hydrogen-bond acceptors (Lipinski definition) is 8. The Hall–Kier alpha value is -4.19. The fraction of sp³-hybridized carbons (Fsp3) is 0.250. The zero-order valence-electron chi connectivity index (χ0n) is 20.3. The molecule has 0 spiro atoms. The lowest BCUT2D eigenvalue weighted by Gasteiger charge is -2.18. The molecule has 0 saturated heterocycles. The highest BCUT2D eigenvalue weighted by Gasteiger charge is 2.24. The summed E-state index contributed by atoms with van der Waals surface area (Å²) >= 11 is 0. The summed E-state index contributed by atoms with van der Waals surface area (Å²) in [6.07, 6.45) is 1.49. The molecule has 1 aromatic heterocycles. The molecule has 0 aliphatic heterocycles. The largest absolute Gasteiger partial charge is 0.480 e. The Bertz CT molecular complexity index is 1400. The number of nitrogen functional groups attached to an aromatic ring is 1. The molecule has 0 fully saturated rings. The van der Waals surface area contributed by atoms with Crippen LogP contribution in [0.15, 0.2) is 47.5 Å². The predicted molar refractivity (Wildman–Crippen MR) is 136 cm³/mol. The van der Waals surface area contributed by atoms with Gasteiger partial charge < -0.3 is 21.5 Å². The molecule has 12 heteroatoms. The maximum Gasteiger partial charge on any atom is 0.325 e. The number of anilines is 3. The SMILES string of the molecule is Cc1cc(C)c(S(=O)(=O)Nc2cc(CNc3ccnc(N)n3)ccc2C(=O)N[C@@H](C)C(=O)O)c(C)c1. The van der Waals surface area contributed by atoms with Crippen molar-refractivity contribution in [3.05, 3.63) is 70.4 Å². The molecule has 1 amide bonds. The molecule has 1 heterocycles. The molecule has 3 rings (SSSR count). The number of carboxylic acid groups (broad SMARTS) is 1. The highest BCUT2D eigenvalue weighted by atomic mass is 32.2. The van der Waals surface area contributed by atoms with Gasteiger partial charge in [0.1, 0.15) is 11.9 Å². The number of nitrogens with one attached hydrogen (secondary N) is 3. The van der Waals surface area contributed by atoms with Crippen LogP contribution in [0.4, 0.5) is 17.5 Å². The second-order valence-electron chi connectivity index (χ2n) is 8.40. The summed E-state index contributed by atoms with van der Waals surface area (Å²) in [4.78, 5) is 32.1. The first-order valence-electron chi connectivity index (χ1n) is 11.0. The van der Waals surface area contributed by atoms with E-state index < -0.39 is 27.9 Å². The van der Waals surface area contributed by atoms with Gasteiger partial charge in [0.2, 0.25) is 5.95 Å². The lowest BCUT2D eigenvalue weighted by molar-refractivity contribution is -0.138. The van der Waals surface area contributed by atoms with Crippen LogP contribution in [0.5, 0.6) is 0 Å². The number of aryl methyl sites for hydroxylation is 3. The number of carboxylic acids is 1. The number of carbonyl (C=O) groups excluding carboxylic acids is 1. The fourth-order valence-electron chi connectivity index (χ4n) is 3.77. The van der Waals surface area contributed by atoms with Gasteiger partial charge in [0.25, 0.3) is 15.9 Å². The molecule has 11 nitrogen and oxygen atoms in total. The summed E-state index contributed by atoms with van der Waals surface area (Å²) in [5, 5.41) is 14.6. The summed E-state index contributed by atoms with van der Waals surface area (Å²) in [5.74, 6) is -1.39. The van der Waals surface area contributed by atoms with Crippen LogP contribution in [0.2, 0.25) is 0 Å². The van der Waals surface area contributed by atoms with Crippen molar-refractivity contribution >= 4 is 39.4 Å². The monoisotopic (exact) mass is 512 g/mol. The Kier molecular flexibility index (Phi) is 7.78. The van der Waals surface area contributed by atoms with Crippen molar-refractivity contribution < 1.29 is 23.1 Å². The highest BCUT2D eigenvalue weighted by molar-refractivity contribution is 7.92. The molecule has 2 aromatic carbocycles. The number of rotatable bonds is 9. The summed E-state index contributed by atoms with van der Waals surface area (Å²) in [6.45, 7) is 6.82. The lowest BCUT2D eigenvalue weighted by atomic mass is 10.1. The van der Waals surface area contributed by atoms with Crippen LogP contribution in [-0.4, -0.2) is 41.4 Å². The summed E-state index contributed by atoms with van der Waals surface area (Å²) in [7, 11) is -4.09. The van der Waals surface area contributed by atoms with E-state index in [9.17, 15) is 18.0 Å². The first-order valence-corrected chi connectivity index (χ1v) is 12.5. The van der Waals surface area contributed by atoms with Crippen LogP contribution >= 0.6 is 0 Å². The number of sulfonamides is 1. The van der Waals surface area contributed by atoms with E-state index in [1.807, 2.05) is 6.92 Å². The van der Waals surface area contributed by atoms with E-state index in [1.54, 1.807) is 38.1 Å². The zero-order chi connectivity index (χ0) is 26.6. The van der Waals surface area contributed by atoms with E-state index in [2.05, 4.69) is 25.3 Å². The number of carbonyl (C=O) groups is 2. The van der Waals surface area contributed by atoms with Gasteiger partial charge in [-0.1, -0.05) is 23.8 Å². The molecule has 0 aliphatic rings. The first-order chi connectivity index (χ1) is 16.9. The Morgan fingerprint density at radius 2 is 1.75 bits per heavy atom. The Morgan fingerprint density at radius 1 is 1.08 bits per heavy atom. The van der Waals surface area contributed by atoms with Crippen LogP contribution in [-0.2, 0) is 21.4 Å². The van der Waals surface area contributed by atoms with Gasteiger partial charge in [0.05, 0.1) is 16.1 Å². The standard InChI is InChI=1S/C24H28N6O5S/c1-13-9-14(2)21(15(3)10-13)36(34,35)30-19-11-17(12-27-20-7-8-26-24(25)29-20)5-6-18(19)22(31)28-16(4)23(32)33/h5-11,16,30H,12H2,1-4H3,(H,28,31)(H,32,33)(H3,25,26,27,29)/t16-/m0/s1. The van der Waals surface area contributed by atoms with Crippen LogP contribution in [0.25, 0.3) is 0 Å². The van der Waals surface area contributed by atoms with Gasteiger partial charge in [-0.2, -0.15) is 4.98 Å². The third-order valence-electron chi connectivity index (χ3n) is 5.31. The molecule has 0 radical (unpaired) electrons. The number of nitrogens with zero attached hydrogens (tertiary/aromatic N) is 2. The average molecular weight is 513 g/mol. The van der Waals surface area contributed by atoms with Crippen LogP contribution in [0.1, 0.15) is 39.5 Å². The number of nitrogens with two attached hydrogens (primary N) is 1. The van der Waals surface area contributed by atoms with Crippen molar-refractivity contribution in [2.45, 2.75) is 45.2 Å². The molecule has 0 saturated carbocycles. The Labute approximate surface area is 209 Å². The molecular weight excluding hydrogens is 484 g/mol. The summed E-state index contributed by atoms with van der Waals surface area (Å²) in [6, 6.07) is 8.54. The number of aromatic nitrogens is 2. The maximum atomic E-state index is 13.4. The van der Waals surface area contributed by atoms with Gasteiger partial charge in [-0.15, -0.1) is 0 Å². The second kappa shape index (κ2) is 10.6. The van der Waals surface area contributed by atoms with E-state index in [0.717, 1.165) is 5.56 Å². The third kappa shape index (κ3) is 6.27. The van der Waals surface area contributed by atoms with Crippen LogP contribution in [0.3, 0.4) is 0 Å². The molecule has 6 N–H and O–H groups in total. The molecule has 3 aromatic rings. The van der Waals surface area contributed by atoms with Gasteiger partial charge in [-0.05, 0) is 62.6 Å². The minimum absolute atomic E-state index is 0.00552. The summed E-state index contributed by atoms with van der Waals surface area (Å²) in [5.41, 5.74) is 8.25. The van der Waals surface area contributed by atoms with Gasteiger partial charge in [-0.3, -0.25) is 14.3 Å². The topological polar surface area (TPSA) is 176 Å². The normalized spacial score (nSPS) is 12.0. The van der Waals surface area contributed by atoms with Crippen molar-refractivity contribution in [1.29, 1.82) is 0 Å². The summed E-state index contributed by atoms with van der Waals surface area (Å²) < 4.78 is 29.3. The Morgan fingerprint density at radius 3 is 2.36 bits per heavy atom. The van der Waals surface area contributed by atoms with Gasteiger partial charge >= 0.3 is 5.97 Å². The molecule has 1 atom stereocenters. The molecule has 36 heavy (non-hydrogen) atoms. The number of hydrogen-bond donors (Lipinski definition) is 5. The third-order valence-corrected chi connectivity index (χ3v) is 6.98. The van der Waals surface area contributed by atoms with Crippen molar-refractivity contribution in [2.24, 2.45) is 0 Å². The zero-order valence-corrected chi connectivity index (χ0v) is 21.1. The van der Waals surface area contributed by atoms with Gasteiger partial charge in [0.15, 0.2) is 0 Å². The minimum Gasteiger partial charge on any atom is -0.480 e. The van der Waals surface area contributed by atoms with Crippen molar-refractivity contribution in [2.75, 3.05) is 15.8 Å². The number of benzene rings is 2. The second-order valence-corrected chi connectivity index (χ2v) is 10.0. The molecule has 0 bridgehead atoms. The van der Waals surface area contributed by atoms with Crippen molar-refractivity contribution in [3.8, 4) is 0 Å².